The normalized spacial score (nSPS) is 10.8. The lowest BCUT2D eigenvalue weighted by molar-refractivity contribution is 0.151. The van der Waals surface area contributed by atoms with E-state index >= 15 is 0 Å². The van der Waals surface area contributed by atoms with Crippen molar-refractivity contribution in [2.75, 3.05) is 11.8 Å². The number of benzene rings is 1. The predicted octanol–water partition coefficient (Wildman–Crippen LogP) is 2.45. The Labute approximate surface area is 101 Å². The summed E-state index contributed by atoms with van der Waals surface area (Å²) in [6.45, 7) is 1.45. The fourth-order valence-electron chi connectivity index (χ4n) is 1.55. The molecule has 5 heteroatoms. The van der Waals surface area contributed by atoms with Crippen LogP contribution in [-0.2, 0) is 0 Å². The Morgan fingerprint density at radius 2 is 2.19 bits per heavy atom. The maximum atomic E-state index is 9.53. The van der Waals surface area contributed by atoms with Crippen LogP contribution in [-0.4, -0.2) is 22.0 Å². The minimum absolute atomic E-state index is 0.454. The lowest BCUT2D eigenvalue weighted by Gasteiger charge is -2.16. The molecule has 1 heterocycles. The Kier molecular flexibility index (Phi) is 3.09. The summed E-state index contributed by atoms with van der Waals surface area (Å²) in [4.78, 5) is 4.39. The highest BCUT2D eigenvalue weighted by Crippen LogP contribution is 2.28. The van der Waals surface area contributed by atoms with Gasteiger partial charge in [0.05, 0.1) is 16.9 Å². The maximum absolute atomic E-state index is 9.53. The van der Waals surface area contributed by atoms with Crippen molar-refractivity contribution in [2.24, 2.45) is 0 Å². The number of hydrogen-bond acceptors (Lipinski definition) is 4. The first-order valence-electron chi connectivity index (χ1n) is 4.76. The van der Waals surface area contributed by atoms with E-state index in [-0.39, 0.29) is 0 Å². The standard InChI is InChI=1S/C11H11BrN2O2/c1-7-9(12)5-8-10(13-7)3-2-4-11(8)14(16)6-15/h2-5,15-16H,6H2,1H3. The van der Waals surface area contributed by atoms with Gasteiger partial charge in [0, 0.05) is 9.86 Å². The monoisotopic (exact) mass is 282 g/mol. The number of aliphatic hydroxyl groups is 1. The third kappa shape index (κ3) is 1.89. The third-order valence-electron chi connectivity index (χ3n) is 2.38. The van der Waals surface area contributed by atoms with Crippen LogP contribution in [0.15, 0.2) is 28.7 Å². The Morgan fingerprint density at radius 1 is 1.44 bits per heavy atom. The molecule has 0 radical (unpaired) electrons. The summed E-state index contributed by atoms with van der Waals surface area (Å²) in [6, 6.07) is 7.26. The van der Waals surface area contributed by atoms with Crippen LogP contribution in [0.2, 0.25) is 0 Å². The van der Waals surface area contributed by atoms with Gasteiger partial charge >= 0.3 is 0 Å². The number of hydroxylamine groups is 1. The molecule has 0 aliphatic rings. The molecule has 0 aliphatic carbocycles. The first kappa shape index (κ1) is 11.3. The van der Waals surface area contributed by atoms with Crippen LogP contribution in [0, 0.1) is 6.92 Å². The highest BCUT2D eigenvalue weighted by atomic mass is 79.9. The molecule has 0 saturated heterocycles. The maximum Gasteiger partial charge on any atom is 0.140 e. The van der Waals surface area contributed by atoms with E-state index < -0.39 is 6.73 Å². The minimum atomic E-state index is -0.454. The lowest BCUT2D eigenvalue weighted by Crippen LogP contribution is -2.18. The molecule has 0 saturated carbocycles. The van der Waals surface area contributed by atoms with Crippen LogP contribution in [0.1, 0.15) is 5.69 Å². The molecular weight excluding hydrogens is 272 g/mol. The van der Waals surface area contributed by atoms with E-state index in [1.165, 1.54) is 0 Å². The first-order valence-corrected chi connectivity index (χ1v) is 5.56. The van der Waals surface area contributed by atoms with Crippen molar-refractivity contribution in [3.05, 3.63) is 34.4 Å². The van der Waals surface area contributed by atoms with Crippen LogP contribution < -0.4 is 5.06 Å². The van der Waals surface area contributed by atoms with Crippen molar-refractivity contribution in [1.29, 1.82) is 0 Å². The molecule has 4 nitrogen and oxygen atoms in total. The molecule has 0 spiro atoms. The number of pyridine rings is 1. The first-order chi connectivity index (χ1) is 7.63. The molecule has 0 bridgehead atoms. The van der Waals surface area contributed by atoms with Crippen LogP contribution in [0.3, 0.4) is 0 Å². The Bertz CT molecular complexity index is 531. The molecule has 2 N–H and O–H groups in total. The quantitative estimate of drug-likeness (QED) is 0.656. The van der Waals surface area contributed by atoms with Crippen molar-refractivity contribution in [2.45, 2.75) is 6.92 Å². The van der Waals surface area contributed by atoms with E-state index in [1.807, 2.05) is 19.1 Å². The van der Waals surface area contributed by atoms with Gasteiger partial charge < -0.3 is 5.11 Å². The summed E-state index contributed by atoms with van der Waals surface area (Å²) >= 11 is 3.40. The molecule has 2 aromatic rings. The molecule has 0 unspecified atom stereocenters. The van der Waals surface area contributed by atoms with Crippen LogP contribution >= 0.6 is 15.9 Å². The van der Waals surface area contributed by atoms with Crippen LogP contribution in [0.4, 0.5) is 5.69 Å². The van der Waals surface area contributed by atoms with Gasteiger partial charge in [-0.3, -0.25) is 10.2 Å². The number of halogens is 1. The molecule has 84 valence electrons. The van der Waals surface area contributed by atoms with Crippen molar-refractivity contribution in [3.8, 4) is 0 Å². The van der Waals surface area contributed by atoms with Gasteiger partial charge in [-0.15, -0.1) is 0 Å². The second-order valence-corrected chi connectivity index (χ2v) is 4.29. The number of aryl methyl sites for hydroxylation is 1. The summed E-state index contributed by atoms with van der Waals surface area (Å²) in [5.41, 5.74) is 2.21. The van der Waals surface area contributed by atoms with Crippen LogP contribution in [0.5, 0.6) is 0 Å². The topological polar surface area (TPSA) is 56.6 Å². The molecule has 1 aromatic heterocycles. The second kappa shape index (κ2) is 4.37. The van der Waals surface area contributed by atoms with Gasteiger partial charge in [0.1, 0.15) is 6.73 Å². The summed E-state index contributed by atoms with van der Waals surface area (Å²) in [5.74, 6) is 0. The molecule has 0 amide bonds. The second-order valence-electron chi connectivity index (χ2n) is 3.44. The molecule has 0 fully saturated rings. The predicted molar refractivity (Wildman–Crippen MR) is 65.5 cm³/mol. The minimum Gasteiger partial charge on any atom is -0.374 e. The number of nitrogens with zero attached hydrogens (tertiary/aromatic N) is 2. The van der Waals surface area contributed by atoms with Gasteiger partial charge in [-0.25, -0.2) is 5.06 Å². The van der Waals surface area contributed by atoms with Gasteiger partial charge in [0.15, 0.2) is 0 Å². The van der Waals surface area contributed by atoms with E-state index in [4.69, 9.17) is 5.11 Å². The number of fused-ring (bicyclic) bond motifs is 1. The summed E-state index contributed by atoms with van der Waals surface area (Å²) in [5, 5.41) is 20.0. The van der Waals surface area contributed by atoms with Gasteiger partial charge in [-0.05, 0) is 41.1 Å². The molecule has 16 heavy (non-hydrogen) atoms. The number of hydrogen-bond donors (Lipinski definition) is 2. The lowest BCUT2D eigenvalue weighted by atomic mass is 10.1. The Hall–Kier alpha value is -1.17. The highest BCUT2D eigenvalue weighted by molar-refractivity contribution is 9.10. The summed E-state index contributed by atoms with van der Waals surface area (Å²) in [6.07, 6.45) is 0. The summed E-state index contributed by atoms with van der Waals surface area (Å²) in [7, 11) is 0. The summed E-state index contributed by atoms with van der Waals surface area (Å²) < 4.78 is 0.874. The van der Waals surface area contributed by atoms with E-state index in [0.717, 1.165) is 26.1 Å². The average Bonchev–Trinajstić information content (AvgIpc) is 2.29. The number of aromatic nitrogens is 1. The van der Waals surface area contributed by atoms with Gasteiger partial charge in [-0.2, -0.15) is 0 Å². The zero-order valence-electron chi connectivity index (χ0n) is 8.68. The fourth-order valence-corrected chi connectivity index (χ4v) is 1.87. The Morgan fingerprint density at radius 3 is 2.88 bits per heavy atom. The van der Waals surface area contributed by atoms with Crippen molar-refractivity contribution >= 4 is 32.5 Å². The number of anilines is 1. The number of rotatable bonds is 2. The van der Waals surface area contributed by atoms with Gasteiger partial charge in [0.2, 0.25) is 0 Å². The van der Waals surface area contributed by atoms with E-state index in [0.29, 0.717) is 5.69 Å². The highest BCUT2D eigenvalue weighted by Gasteiger charge is 2.09. The fraction of sp³-hybridized carbons (Fsp3) is 0.182. The largest absolute Gasteiger partial charge is 0.374 e. The molecule has 1 aromatic carbocycles. The smallest absolute Gasteiger partial charge is 0.140 e. The van der Waals surface area contributed by atoms with Crippen LogP contribution in [0.25, 0.3) is 10.9 Å². The molecule has 0 aliphatic heterocycles. The SMILES string of the molecule is Cc1nc2cccc(N(O)CO)c2cc1Br. The molecule has 0 atom stereocenters. The third-order valence-corrected chi connectivity index (χ3v) is 3.18. The molecule has 2 rings (SSSR count). The zero-order valence-corrected chi connectivity index (χ0v) is 10.3. The average molecular weight is 283 g/mol. The van der Waals surface area contributed by atoms with Crippen molar-refractivity contribution in [1.82, 2.24) is 4.98 Å². The zero-order chi connectivity index (χ0) is 11.7. The van der Waals surface area contributed by atoms with Gasteiger partial charge in [0.25, 0.3) is 0 Å². The number of aliphatic hydroxyl groups excluding tert-OH is 1. The van der Waals surface area contributed by atoms with E-state index in [1.54, 1.807) is 12.1 Å². The van der Waals surface area contributed by atoms with E-state index in [2.05, 4.69) is 20.9 Å². The Balaban J connectivity index is 2.72. The van der Waals surface area contributed by atoms with Crippen molar-refractivity contribution in [3.63, 3.8) is 0 Å². The van der Waals surface area contributed by atoms with Gasteiger partial charge in [-0.1, -0.05) is 6.07 Å². The van der Waals surface area contributed by atoms with Crippen molar-refractivity contribution < 1.29 is 10.3 Å². The molecular formula is C11H11BrN2O2. The van der Waals surface area contributed by atoms with E-state index in [9.17, 15) is 5.21 Å².